The molecule has 1 aromatic heterocycles. The molecule has 0 spiro atoms. The van der Waals surface area contributed by atoms with E-state index in [0.717, 1.165) is 25.1 Å². The summed E-state index contributed by atoms with van der Waals surface area (Å²) in [6, 6.07) is 11.2. The number of nitrogens with one attached hydrogen (secondary N) is 1. The van der Waals surface area contributed by atoms with Crippen molar-refractivity contribution in [2.45, 2.75) is 39.7 Å². The Morgan fingerprint density at radius 2 is 1.90 bits per heavy atom. The van der Waals surface area contributed by atoms with Crippen molar-refractivity contribution >= 4 is 0 Å². The average molecular weight is 271 g/mol. The van der Waals surface area contributed by atoms with Crippen molar-refractivity contribution in [2.75, 3.05) is 6.54 Å². The lowest BCUT2D eigenvalue weighted by Gasteiger charge is -2.19. The minimum absolute atomic E-state index is 0.216. The van der Waals surface area contributed by atoms with Crippen molar-refractivity contribution in [3.05, 3.63) is 52.8 Å². The first kappa shape index (κ1) is 14.8. The Morgan fingerprint density at radius 1 is 1.20 bits per heavy atom. The van der Waals surface area contributed by atoms with E-state index in [1.807, 2.05) is 11.7 Å². The summed E-state index contributed by atoms with van der Waals surface area (Å²) < 4.78 is 2.01. The van der Waals surface area contributed by atoms with E-state index in [2.05, 4.69) is 61.5 Å². The number of aryl methyl sites for hydroxylation is 3. The van der Waals surface area contributed by atoms with E-state index < -0.39 is 0 Å². The van der Waals surface area contributed by atoms with Gasteiger partial charge in [0.1, 0.15) is 0 Å². The van der Waals surface area contributed by atoms with Crippen LogP contribution >= 0.6 is 0 Å². The SMILES string of the molecule is CCCNC(c1ccc(C)cc1)c1cc(CC)nn1C. The molecular weight excluding hydrogens is 246 g/mol. The van der Waals surface area contributed by atoms with Gasteiger partial charge in [-0.3, -0.25) is 4.68 Å². The van der Waals surface area contributed by atoms with Crippen LogP contribution in [0.1, 0.15) is 48.8 Å². The molecule has 3 heteroatoms. The average Bonchev–Trinajstić information content (AvgIpc) is 2.82. The molecule has 0 aliphatic rings. The van der Waals surface area contributed by atoms with E-state index in [0.29, 0.717) is 0 Å². The van der Waals surface area contributed by atoms with Crippen molar-refractivity contribution in [1.29, 1.82) is 0 Å². The van der Waals surface area contributed by atoms with Gasteiger partial charge in [0.15, 0.2) is 0 Å². The second kappa shape index (κ2) is 6.71. The summed E-state index contributed by atoms with van der Waals surface area (Å²) in [7, 11) is 2.03. The van der Waals surface area contributed by atoms with Crippen LogP contribution in [0.15, 0.2) is 30.3 Å². The Bertz CT molecular complexity index is 540. The first-order valence-corrected chi connectivity index (χ1v) is 7.48. The van der Waals surface area contributed by atoms with Gasteiger partial charge in [0.25, 0.3) is 0 Å². The van der Waals surface area contributed by atoms with Gasteiger partial charge >= 0.3 is 0 Å². The maximum Gasteiger partial charge on any atom is 0.0748 e. The number of hydrogen-bond acceptors (Lipinski definition) is 2. The second-order valence-electron chi connectivity index (χ2n) is 5.34. The number of aromatic nitrogens is 2. The molecule has 0 amide bonds. The molecule has 3 nitrogen and oxygen atoms in total. The van der Waals surface area contributed by atoms with Gasteiger partial charge in [0.2, 0.25) is 0 Å². The lowest BCUT2D eigenvalue weighted by atomic mass is 10.0. The van der Waals surface area contributed by atoms with Crippen LogP contribution in [0.5, 0.6) is 0 Å². The molecule has 1 unspecified atom stereocenters. The van der Waals surface area contributed by atoms with Crippen molar-refractivity contribution in [2.24, 2.45) is 7.05 Å². The maximum atomic E-state index is 4.58. The zero-order valence-electron chi connectivity index (χ0n) is 13.0. The molecule has 20 heavy (non-hydrogen) atoms. The Morgan fingerprint density at radius 3 is 2.45 bits per heavy atom. The van der Waals surface area contributed by atoms with Crippen LogP contribution in [-0.2, 0) is 13.5 Å². The molecule has 0 saturated carbocycles. The van der Waals surface area contributed by atoms with E-state index >= 15 is 0 Å². The molecule has 0 saturated heterocycles. The van der Waals surface area contributed by atoms with Crippen LogP contribution in [0.4, 0.5) is 0 Å². The van der Waals surface area contributed by atoms with Crippen LogP contribution in [0.2, 0.25) is 0 Å². The third-order valence-electron chi connectivity index (χ3n) is 3.63. The van der Waals surface area contributed by atoms with Crippen LogP contribution in [0.3, 0.4) is 0 Å². The smallest absolute Gasteiger partial charge is 0.0748 e. The predicted molar refractivity (Wildman–Crippen MR) is 83.9 cm³/mol. The Balaban J connectivity index is 2.35. The molecule has 0 fully saturated rings. The summed E-state index contributed by atoms with van der Waals surface area (Å²) in [6.07, 6.45) is 2.10. The summed E-state index contributed by atoms with van der Waals surface area (Å²) in [5, 5.41) is 8.22. The standard InChI is InChI=1S/C17H25N3/c1-5-11-18-17(14-9-7-13(3)8-10-14)16-12-15(6-2)19-20(16)4/h7-10,12,17-18H,5-6,11H2,1-4H3. The van der Waals surface area contributed by atoms with Crippen LogP contribution in [0.25, 0.3) is 0 Å². The van der Waals surface area contributed by atoms with Gasteiger partial charge in [0.05, 0.1) is 17.4 Å². The lowest BCUT2D eigenvalue weighted by Crippen LogP contribution is -2.25. The fraction of sp³-hybridized carbons (Fsp3) is 0.471. The zero-order valence-corrected chi connectivity index (χ0v) is 13.0. The number of rotatable bonds is 6. The van der Waals surface area contributed by atoms with E-state index in [4.69, 9.17) is 0 Å². The van der Waals surface area contributed by atoms with Crippen molar-refractivity contribution < 1.29 is 0 Å². The zero-order chi connectivity index (χ0) is 14.5. The highest BCUT2D eigenvalue weighted by molar-refractivity contribution is 5.31. The number of hydrogen-bond donors (Lipinski definition) is 1. The van der Waals surface area contributed by atoms with Gasteiger partial charge in [-0.2, -0.15) is 5.10 Å². The summed E-state index contributed by atoms with van der Waals surface area (Å²) in [4.78, 5) is 0. The molecule has 1 N–H and O–H groups in total. The van der Waals surface area contributed by atoms with Gasteiger partial charge in [-0.05, 0) is 37.9 Å². The van der Waals surface area contributed by atoms with E-state index in [1.54, 1.807) is 0 Å². The summed E-state index contributed by atoms with van der Waals surface area (Å²) in [5.74, 6) is 0. The summed E-state index contributed by atoms with van der Waals surface area (Å²) >= 11 is 0. The Labute approximate surface area is 122 Å². The molecule has 2 rings (SSSR count). The van der Waals surface area contributed by atoms with Gasteiger partial charge < -0.3 is 5.32 Å². The fourth-order valence-corrected chi connectivity index (χ4v) is 2.43. The monoisotopic (exact) mass is 271 g/mol. The van der Waals surface area contributed by atoms with Gasteiger partial charge in [-0.25, -0.2) is 0 Å². The normalized spacial score (nSPS) is 12.6. The highest BCUT2D eigenvalue weighted by Gasteiger charge is 2.17. The van der Waals surface area contributed by atoms with E-state index in [-0.39, 0.29) is 6.04 Å². The topological polar surface area (TPSA) is 29.9 Å². The third kappa shape index (κ3) is 3.28. The first-order chi connectivity index (χ1) is 9.65. The molecule has 0 aliphatic carbocycles. The predicted octanol–water partition coefficient (Wildman–Crippen LogP) is 3.38. The van der Waals surface area contributed by atoms with E-state index in [9.17, 15) is 0 Å². The molecule has 1 aromatic carbocycles. The first-order valence-electron chi connectivity index (χ1n) is 7.48. The van der Waals surface area contributed by atoms with Gasteiger partial charge in [-0.1, -0.05) is 43.7 Å². The molecule has 0 aliphatic heterocycles. The quantitative estimate of drug-likeness (QED) is 0.873. The molecule has 1 heterocycles. The van der Waals surface area contributed by atoms with Crippen LogP contribution < -0.4 is 5.32 Å². The number of nitrogens with zero attached hydrogens (tertiary/aromatic N) is 2. The van der Waals surface area contributed by atoms with Crippen molar-refractivity contribution in [1.82, 2.24) is 15.1 Å². The highest BCUT2D eigenvalue weighted by atomic mass is 15.3. The van der Waals surface area contributed by atoms with Gasteiger partial charge in [0, 0.05) is 7.05 Å². The number of benzene rings is 1. The largest absolute Gasteiger partial charge is 0.305 e. The van der Waals surface area contributed by atoms with Crippen molar-refractivity contribution in [3.63, 3.8) is 0 Å². The minimum Gasteiger partial charge on any atom is -0.305 e. The molecular formula is C17H25N3. The lowest BCUT2D eigenvalue weighted by molar-refractivity contribution is 0.553. The Kier molecular flexibility index (Phi) is 4.96. The van der Waals surface area contributed by atoms with Crippen LogP contribution in [0, 0.1) is 6.92 Å². The molecule has 108 valence electrons. The molecule has 0 bridgehead atoms. The second-order valence-corrected chi connectivity index (χ2v) is 5.34. The highest BCUT2D eigenvalue weighted by Crippen LogP contribution is 2.23. The summed E-state index contributed by atoms with van der Waals surface area (Å²) in [5.41, 5.74) is 4.98. The minimum atomic E-state index is 0.216. The fourth-order valence-electron chi connectivity index (χ4n) is 2.43. The van der Waals surface area contributed by atoms with Gasteiger partial charge in [-0.15, -0.1) is 0 Å². The van der Waals surface area contributed by atoms with Crippen LogP contribution in [-0.4, -0.2) is 16.3 Å². The van der Waals surface area contributed by atoms with Crippen molar-refractivity contribution in [3.8, 4) is 0 Å². The molecule has 1 atom stereocenters. The summed E-state index contributed by atoms with van der Waals surface area (Å²) in [6.45, 7) is 7.47. The third-order valence-corrected chi connectivity index (χ3v) is 3.63. The van der Waals surface area contributed by atoms with E-state index in [1.165, 1.54) is 16.8 Å². The molecule has 2 aromatic rings. The Hall–Kier alpha value is -1.61. The maximum absolute atomic E-state index is 4.58. The molecule has 0 radical (unpaired) electrons.